The lowest BCUT2D eigenvalue weighted by molar-refractivity contribution is 0.200. The zero-order valence-corrected chi connectivity index (χ0v) is 16.5. The first kappa shape index (κ1) is 19.9. The number of rotatable bonds is 3. The minimum Gasteiger partial charge on any atom is -0.314 e. The maximum atomic E-state index is 3.76. The van der Waals surface area contributed by atoms with E-state index in [1.807, 2.05) is 11.3 Å². The molecule has 3 rings (SSSR count). The number of nitrogens with one attached hydrogen (secondary N) is 1. The van der Waals surface area contributed by atoms with Crippen molar-refractivity contribution in [1.82, 2.24) is 10.2 Å². The third-order valence-corrected chi connectivity index (χ3v) is 5.39. The number of benzene rings is 1. The van der Waals surface area contributed by atoms with Crippen LogP contribution in [0.25, 0.3) is 0 Å². The van der Waals surface area contributed by atoms with Crippen molar-refractivity contribution in [2.75, 3.05) is 26.2 Å². The summed E-state index contributed by atoms with van der Waals surface area (Å²) in [6.45, 7) is 6.49. The van der Waals surface area contributed by atoms with E-state index in [9.17, 15) is 0 Å². The number of halogens is 3. The summed E-state index contributed by atoms with van der Waals surface area (Å²) < 4.78 is 1.22. The van der Waals surface area contributed by atoms with E-state index in [2.05, 4.69) is 68.8 Å². The van der Waals surface area contributed by atoms with Gasteiger partial charge in [0, 0.05) is 35.5 Å². The molecule has 6 heteroatoms. The Kier molecular flexibility index (Phi) is 8.39. The number of hydrogen-bond acceptors (Lipinski definition) is 3. The summed E-state index contributed by atoms with van der Waals surface area (Å²) in [7, 11) is 0. The highest BCUT2D eigenvalue weighted by Crippen LogP contribution is 2.36. The zero-order chi connectivity index (χ0) is 13.9. The van der Waals surface area contributed by atoms with Gasteiger partial charge in [0.15, 0.2) is 0 Å². The summed E-state index contributed by atoms with van der Waals surface area (Å²) in [5.41, 5.74) is 2.67. The van der Waals surface area contributed by atoms with Crippen LogP contribution in [0.4, 0.5) is 0 Å². The maximum Gasteiger partial charge on any atom is 0.0707 e. The molecule has 0 bridgehead atoms. The molecule has 1 fully saturated rings. The fraction of sp³-hybridized carbons (Fsp3) is 0.375. The van der Waals surface area contributed by atoms with Gasteiger partial charge in [-0.25, -0.2) is 0 Å². The van der Waals surface area contributed by atoms with Gasteiger partial charge in [-0.2, -0.15) is 0 Å². The molecular formula is C16H21BrCl2N2S. The molecule has 0 radical (unpaired) electrons. The summed E-state index contributed by atoms with van der Waals surface area (Å²) in [5, 5.41) is 5.61. The number of thiophene rings is 1. The van der Waals surface area contributed by atoms with Crippen molar-refractivity contribution in [3.05, 3.63) is 56.2 Å². The van der Waals surface area contributed by atoms with Gasteiger partial charge in [-0.1, -0.05) is 34.1 Å². The maximum absolute atomic E-state index is 3.76. The van der Waals surface area contributed by atoms with Crippen molar-refractivity contribution in [3.8, 4) is 0 Å². The summed E-state index contributed by atoms with van der Waals surface area (Å²) in [6.07, 6.45) is 0. The highest BCUT2D eigenvalue weighted by Gasteiger charge is 2.26. The molecule has 2 aromatic rings. The lowest BCUT2D eigenvalue weighted by Gasteiger charge is -2.35. The van der Waals surface area contributed by atoms with Crippen LogP contribution in [0, 0.1) is 6.92 Å². The second-order valence-corrected chi connectivity index (χ2v) is 7.06. The van der Waals surface area contributed by atoms with Gasteiger partial charge in [0.2, 0.25) is 0 Å². The molecule has 1 aliphatic rings. The molecule has 2 heterocycles. The molecule has 1 aromatic carbocycles. The first-order valence-electron chi connectivity index (χ1n) is 7.00. The van der Waals surface area contributed by atoms with Gasteiger partial charge in [0.1, 0.15) is 0 Å². The Balaban J connectivity index is 0.00000121. The smallest absolute Gasteiger partial charge is 0.0707 e. The van der Waals surface area contributed by atoms with E-state index in [0.29, 0.717) is 6.04 Å². The summed E-state index contributed by atoms with van der Waals surface area (Å²) >= 11 is 5.61. The molecule has 0 spiro atoms. The fourth-order valence-electron chi connectivity index (χ4n) is 2.77. The molecule has 1 aromatic heterocycles. The van der Waals surface area contributed by atoms with E-state index < -0.39 is 0 Å². The molecule has 0 unspecified atom stereocenters. The second kappa shape index (κ2) is 9.26. The van der Waals surface area contributed by atoms with E-state index >= 15 is 0 Å². The molecule has 122 valence electrons. The molecule has 0 saturated carbocycles. The number of nitrogens with zero attached hydrogens (tertiary/aromatic N) is 1. The van der Waals surface area contributed by atoms with E-state index in [0.717, 1.165) is 26.2 Å². The molecule has 0 amide bonds. The van der Waals surface area contributed by atoms with Crippen LogP contribution in [0.3, 0.4) is 0 Å². The Morgan fingerprint density at radius 3 is 2.50 bits per heavy atom. The van der Waals surface area contributed by atoms with Gasteiger partial charge in [-0.15, -0.1) is 36.2 Å². The van der Waals surface area contributed by atoms with Crippen LogP contribution in [0.1, 0.15) is 22.0 Å². The van der Waals surface area contributed by atoms with Gasteiger partial charge in [0.05, 0.1) is 6.04 Å². The average Bonchev–Trinajstić information content (AvgIpc) is 2.97. The Morgan fingerprint density at radius 1 is 1.18 bits per heavy atom. The highest BCUT2D eigenvalue weighted by molar-refractivity contribution is 9.10. The third kappa shape index (κ3) is 4.47. The Labute approximate surface area is 157 Å². The van der Waals surface area contributed by atoms with E-state index in [-0.39, 0.29) is 24.8 Å². The van der Waals surface area contributed by atoms with Crippen LogP contribution in [-0.4, -0.2) is 31.1 Å². The highest BCUT2D eigenvalue weighted by atomic mass is 79.9. The van der Waals surface area contributed by atoms with Crippen LogP contribution < -0.4 is 5.32 Å². The standard InChI is InChI=1S/C16H19BrN2S.2ClH/c1-12-4-5-13(14(17)11-12)16(15-3-2-10-20-15)19-8-6-18-7-9-19;;/h2-5,10-11,16,18H,6-9H2,1H3;2*1H/t16-;;/m0../s1. The van der Waals surface area contributed by atoms with Gasteiger partial charge in [-0.3, -0.25) is 4.90 Å². The van der Waals surface area contributed by atoms with E-state index in [1.165, 1.54) is 20.5 Å². The summed E-state index contributed by atoms with van der Waals surface area (Å²) in [4.78, 5) is 4.01. The van der Waals surface area contributed by atoms with Crippen molar-refractivity contribution in [3.63, 3.8) is 0 Å². The zero-order valence-electron chi connectivity index (χ0n) is 12.4. The Hall–Kier alpha value is -0.100. The van der Waals surface area contributed by atoms with Crippen molar-refractivity contribution in [1.29, 1.82) is 0 Å². The van der Waals surface area contributed by atoms with Crippen molar-refractivity contribution >= 4 is 52.1 Å². The molecule has 2 nitrogen and oxygen atoms in total. The molecule has 22 heavy (non-hydrogen) atoms. The Morgan fingerprint density at radius 2 is 1.91 bits per heavy atom. The molecule has 0 aliphatic carbocycles. The van der Waals surface area contributed by atoms with Crippen molar-refractivity contribution < 1.29 is 0 Å². The van der Waals surface area contributed by atoms with E-state index in [4.69, 9.17) is 0 Å². The number of hydrogen-bond donors (Lipinski definition) is 1. The van der Waals surface area contributed by atoms with Crippen LogP contribution in [0.5, 0.6) is 0 Å². The molecule has 1 aliphatic heterocycles. The largest absolute Gasteiger partial charge is 0.314 e. The predicted molar refractivity (Wildman–Crippen MR) is 104 cm³/mol. The molecular weight excluding hydrogens is 403 g/mol. The molecule has 1 atom stereocenters. The van der Waals surface area contributed by atoms with Crippen LogP contribution in [0.2, 0.25) is 0 Å². The van der Waals surface area contributed by atoms with Crippen molar-refractivity contribution in [2.45, 2.75) is 13.0 Å². The van der Waals surface area contributed by atoms with Gasteiger partial charge in [0.25, 0.3) is 0 Å². The Bertz CT molecular complexity index is 572. The van der Waals surface area contributed by atoms with E-state index in [1.54, 1.807) is 0 Å². The van der Waals surface area contributed by atoms with Gasteiger partial charge >= 0.3 is 0 Å². The minimum absolute atomic E-state index is 0. The molecule has 1 N–H and O–H groups in total. The SMILES string of the molecule is Cc1ccc([C@@H](c2cccs2)N2CCNCC2)c(Br)c1.Cl.Cl. The normalized spacial score (nSPS) is 16.5. The lowest BCUT2D eigenvalue weighted by Crippen LogP contribution is -2.45. The van der Waals surface area contributed by atoms with Crippen molar-refractivity contribution in [2.24, 2.45) is 0 Å². The summed E-state index contributed by atoms with van der Waals surface area (Å²) in [6, 6.07) is 11.5. The van der Waals surface area contributed by atoms with Crippen LogP contribution in [-0.2, 0) is 0 Å². The van der Waals surface area contributed by atoms with Gasteiger partial charge < -0.3 is 5.32 Å². The fourth-order valence-corrected chi connectivity index (χ4v) is 4.36. The first-order chi connectivity index (χ1) is 9.75. The minimum atomic E-state index is 0. The summed E-state index contributed by atoms with van der Waals surface area (Å²) in [5.74, 6) is 0. The lowest BCUT2D eigenvalue weighted by atomic mass is 10.0. The van der Waals surface area contributed by atoms with Crippen LogP contribution >= 0.6 is 52.1 Å². The average molecular weight is 424 g/mol. The second-order valence-electron chi connectivity index (χ2n) is 5.23. The first-order valence-corrected chi connectivity index (χ1v) is 8.67. The van der Waals surface area contributed by atoms with Gasteiger partial charge in [-0.05, 0) is 35.6 Å². The number of aryl methyl sites for hydroxylation is 1. The topological polar surface area (TPSA) is 15.3 Å². The van der Waals surface area contributed by atoms with Crippen LogP contribution in [0.15, 0.2) is 40.2 Å². The predicted octanol–water partition coefficient (Wildman–Crippen LogP) is 4.66. The third-order valence-electron chi connectivity index (χ3n) is 3.78. The molecule has 1 saturated heterocycles. The number of piperazine rings is 1. The monoisotopic (exact) mass is 422 g/mol. The quantitative estimate of drug-likeness (QED) is 0.772.